The maximum atomic E-state index is 12.8. The number of nitrogens with one attached hydrogen (secondary N) is 3. The Morgan fingerprint density at radius 3 is 2.25 bits per heavy atom. The van der Waals surface area contributed by atoms with Crippen LogP contribution in [0.3, 0.4) is 0 Å². The minimum Gasteiger partial charge on any atom is -0.453 e. The summed E-state index contributed by atoms with van der Waals surface area (Å²) >= 11 is 0. The van der Waals surface area contributed by atoms with E-state index >= 15 is 0 Å². The Kier molecular flexibility index (Phi) is 7.25. The topological polar surface area (TPSA) is 74.8 Å². The number of amides is 1. The molecule has 6 nitrogen and oxygen atoms in total. The van der Waals surface area contributed by atoms with Crippen molar-refractivity contribution < 1.29 is 22.7 Å². The smallest absolute Gasteiger partial charge is 0.416 e. The van der Waals surface area contributed by atoms with Gasteiger partial charge in [0.2, 0.25) is 0 Å². The molecule has 0 bridgehead atoms. The molecule has 9 heteroatoms. The summed E-state index contributed by atoms with van der Waals surface area (Å²) in [6.07, 6.45) is -4.92. The number of hydrogen-bond acceptors (Lipinski definition) is 3. The number of carbonyl (C=O) groups excluding carboxylic acids is 1. The number of halogens is 3. The van der Waals surface area contributed by atoms with Crippen LogP contribution < -0.4 is 16.0 Å². The molecule has 2 rings (SSSR count). The van der Waals surface area contributed by atoms with Crippen LogP contribution in [0.15, 0.2) is 53.5 Å². The second-order valence-corrected chi connectivity index (χ2v) is 5.79. The van der Waals surface area contributed by atoms with E-state index in [0.717, 1.165) is 17.7 Å². The summed E-state index contributed by atoms with van der Waals surface area (Å²) in [6, 6.07) is 12.2. The van der Waals surface area contributed by atoms with Gasteiger partial charge in [0.05, 0.1) is 12.7 Å². The highest BCUT2D eigenvalue weighted by Gasteiger charge is 2.30. The molecular formula is C19H21F3N4O2. The number of nitrogens with zero attached hydrogens (tertiary/aromatic N) is 1. The Morgan fingerprint density at radius 1 is 1.04 bits per heavy atom. The highest BCUT2D eigenvalue weighted by atomic mass is 19.4. The number of benzene rings is 2. The fourth-order valence-corrected chi connectivity index (χ4v) is 2.32. The lowest BCUT2D eigenvalue weighted by molar-refractivity contribution is -0.137. The third-order valence-corrected chi connectivity index (χ3v) is 3.78. The van der Waals surface area contributed by atoms with Crippen LogP contribution in [0.1, 0.15) is 16.7 Å². The number of anilines is 1. The highest BCUT2D eigenvalue weighted by molar-refractivity contribution is 5.84. The molecule has 0 fully saturated rings. The predicted octanol–water partition coefficient (Wildman–Crippen LogP) is 3.75. The van der Waals surface area contributed by atoms with Gasteiger partial charge in [0.1, 0.15) is 0 Å². The van der Waals surface area contributed by atoms with Gasteiger partial charge in [0.25, 0.3) is 0 Å². The van der Waals surface area contributed by atoms with E-state index in [4.69, 9.17) is 0 Å². The molecule has 0 saturated heterocycles. The largest absolute Gasteiger partial charge is 0.453 e. The number of carbonyl (C=O) groups is 1. The molecule has 28 heavy (non-hydrogen) atoms. The summed E-state index contributed by atoms with van der Waals surface area (Å²) in [5.41, 5.74) is 1.34. The third-order valence-electron chi connectivity index (χ3n) is 3.78. The predicted molar refractivity (Wildman–Crippen MR) is 101 cm³/mol. The zero-order valence-corrected chi connectivity index (χ0v) is 15.4. The Hall–Kier alpha value is -3.23. The van der Waals surface area contributed by atoms with Gasteiger partial charge in [-0.05, 0) is 35.4 Å². The molecule has 2 aromatic rings. The van der Waals surface area contributed by atoms with Crippen LogP contribution in [0.4, 0.5) is 23.7 Å². The quantitative estimate of drug-likeness (QED) is 0.533. The number of ether oxygens (including phenoxy) is 1. The van der Waals surface area contributed by atoms with Gasteiger partial charge in [-0.15, -0.1) is 0 Å². The molecule has 2 aromatic carbocycles. The van der Waals surface area contributed by atoms with Crippen LogP contribution in [-0.2, 0) is 24.0 Å². The first kappa shape index (κ1) is 21.1. The minimum absolute atomic E-state index is 0.200. The van der Waals surface area contributed by atoms with E-state index in [2.05, 4.69) is 25.7 Å². The van der Waals surface area contributed by atoms with E-state index in [0.29, 0.717) is 23.8 Å². The van der Waals surface area contributed by atoms with E-state index in [-0.39, 0.29) is 6.54 Å². The zero-order valence-electron chi connectivity index (χ0n) is 15.4. The average Bonchev–Trinajstić information content (AvgIpc) is 2.68. The van der Waals surface area contributed by atoms with Crippen molar-refractivity contribution in [1.82, 2.24) is 10.6 Å². The fourth-order valence-electron chi connectivity index (χ4n) is 2.32. The van der Waals surface area contributed by atoms with Gasteiger partial charge < -0.3 is 15.4 Å². The number of guanidine groups is 1. The second-order valence-electron chi connectivity index (χ2n) is 5.79. The molecule has 0 saturated carbocycles. The number of alkyl halides is 3. The van der Waals surface area contributed by atoms with Crippen LogP contribution in [0.5, 0.6) is 0 Å². The van der Waals surface area contributed by atoms with E-state index < -0.39 is 17.8 Å². The van der Waals surface area contributed by atoms with Crippen LogP contribution in [-0.4, -0.2) is 26.2 Å². The van der Waals surface area contributed by atoms with Gasteiger partial charge in [0, 0.05) is 25.8 Å². The Morgan fingerprint density at radius 2 is 1.68 bits per heavy atom. The molecule has 0 aliphatic carbocycles. The molecule has 0 aliphatic rings. The fraction of sp³-hybridized carbons (Fsp3) is 0.263. The van der Waals surface area contributed by atoms with Crippen molar-refractivity contribution in [1.29, 1.82) is 0 Å². The van der Waals surface area contributed by atoms with Gasteiger partial charge in [-0.3, -0.25) is 10.3 Å². The molecule has 0 aromatic heterocycles. The SMILES string of the molecule is CN=C(NCc1ccc(NC(=O)OC)cc1)NCc1cccc(C(F)(F)F)c1. The van der Waals surface area contributed by atoms with E-state index in [1.165, 1.54) is 13.2 Å². The molecule has 0 spiro atoms. The maximum absolute atomic E-state index is 12.8. The third kappa shape index (κ3) is 6.49. The lowest BCUT2D eigenvalue weighted by atomic mass is 10.1. The minimum atomic E-state index is -4.37. The summed E-state index contributed by atoms with van der Waals surface area (Å²) in [5, 5.41) is 8.61. The van der Waals surface area contributed by atoms with Crippen molar-refractivity contribution in [3.05, 3.63) is 65.2 Å². The normalized spacial score (nSPS) is 11.7. The van der Waals surface area contributed by atoms with Crippen LogP contribution >= 0.6 is 0 Å². The molecule has 0 atom stereocenters. The summed E-state index contributed by atoms with van der Waals surface area (Å²) in [5.74, 6) is 0.453. The van der Waals surface area contributed by atoms with Crippen molar-refractivity contribution in [2.75, 3.05) is 19.5 Å². The maximum Gasteiger partial charge on any atom is 0.416 e. The van der Waals surface area contributed by atoms with E-state index in [1.54, 1.807) is 25.2 Å². The lowest BCUT2D eigenvalue weighted by Crippen LogP contribution is -2.36. The first-order valence-corrected chi connectivity index (χ1v) is 8.36. The zero-order chi connectivity index (χ0) is 20.6. The van der Waals surface area contributed by atoms with Crippen LogP contribution in [0.2, 0.25) is 0 Å². The Balaban J connectivity index is 1.87. The molecule has 1 amide bonds. The van der Waals surface area contributed by atoms with Gasteiger partial charge >= 0.3 is 12.3 Å². The van der Waals surface area contributed by atoms with E-state index in [9.17, 15) is 18.0 Å². The van der Waals surface area contributed by atoms with Crippen molar-refractivity contribution in [3.63, 3.8) is 0 Å². The average molecular weight is 394 g/mol. The molecular weight excluding hydrogens is 373 g/mol. The molecule has 150 valence electrons. The van der Waals surface area contributed by atoms with Crippen molar-refractivity contribution in [2.45, 2.75) is 19.3 Å². The molecule has 0 heterocycles. The van der Waals surface area contributed by atoms with Crippen molar-refractivity contribution in [2.24, 2.45) is 4.99 Å². The number of methoxy groups -OCH3 is 1. The summed E-state index contributed by atoms with van der Waals surface area (Å²) in [7, 11) is 2.86. The summed E-state index contributed by atoms with van der Waals surface area (Å²) in [4.78, 5) is 15.2. The van der Waals surface area contributed by atoms with Gasteiger partial charge in [-0.25, -0.2) is 4.79 Å². The Labute approximate surface area is 160 Å². The summed E-state index contributed by atoms with van der Waals surface area (Å²) < 4.78 is 42.8. The standard InChI is InChI=1S/C19H21F3N4O2/c1-23-17(25-12-14-4-3-5-15(10-14)19(20,21)22)24-11-13-6-8-16(9-7-13)26-18(27)28-2/h3-10H,11-12H2,1-2H3,(H,26,27)(H2,23,24,25). The number of aliphatic imine (C=N–C) groups is 1. The van der Waals surface area contributed by atoms with Crippen LogP contribution in [0.25, 0.3) is 0 Å². The highest BCUT2D eigenvalue weighted by Crippen LogP contribution is 2.29. The number of hydrogen-bond donors (Lipinski definition) is 3. The van der Waals surface area contributed by atoms with Crippen molar-refractivity contribution in [3.8, 4) is 0 Å². The monoisotopic (exact) mass is 394 g/mol. The van der Waals surface area contributed by atoms with Gasteiger partial charge in [0.15, 0.2) is 5.96 Å². The first-order valence-electron chi connectivity index (χ1n) is 8.36. The van der Waals surface area contributed by atoms with Crippen LogP contribution in [0, 0.1) is 0 Å². The Bertz CT molecular complexity index is 821. The first-order chi connectivity index (χ1) is 13.3. The lowest BCUT2D eigenvalue weighted by Gasteiger charge is -2.13. The van der Waals surface area contributed by atoms with Gasteiger partial charge in [-0.1, -0.05) is 24.3 Å². The summed E-state index contributed by atoms with van der Waals surface area (Å²) in [6.45, 7) is 0.645. The molecule has 3 N–H and O–H groups in total. The molecule has 0 aliphatic heterocycles. The molecule has 0 radical (unpaired) electrons. The van der Waals surface area contributed by atoms with Gasteiger partial charge in [-0.2, -0.15) is 13.2 Å². The van der Waals surface area contributed by atoms with E-state index in [1.807, 2.05) is 12.1 Å². The van der Waals surface area contributed by atoms with Crippen molar-refractivity contribution >= 4 is 17.7 Å². The molecule has 0 unspecified atom stereocenters. The second kappa shape index (κ2) is 9.63. The number of rotatable bonds is 5.